The minimum atomic E-state index is 0.170. The van der Waals surface area contributed by atoms with Crippen LogP contribution in [-0.2, 0) is 11.3 Å². The maximum atomic E-state index is 5.11. The molecule has 0 saturated heterocycles. The third kappa shape index (κ3) is 4.22. The molecule has 5 nitrogen and oxygen atoms in total. The Kier molecular flexibility index (Phi) is 5.00. The molecule has 0 aliphatic carbocycles. The first-order chi connectivity index (χ1) is 7.26. The molecule has 0 bridgehead atoms. The second-order valence-electron chi connectivity index (χ2n) is 3.37. The van der Waals surface area contributed by atoms with E-state index in [1.54, 1.807) is 7.11 Å². The van der Waals surface area contributed by atoms with Gasteiger partial charge in [0.1, 0.15) is 5.82 Å². The summed E-state index contributed by atoms with van der Waals surface area (Å²) >= 11 is 0. The average Bonchev–Trinajstić information content (AvgIpc) is 2.28. The van der Waals surface area contributed by atoms with Gasteiger partial charge >= 0.3 is 0 Å². The molecule has 1 aromatic heterocycles. The Morgan fingerprint density at radius 1 is 1.40 bits per heavy atom. The van der Waals surface area contributed by atoms with Crippen LogP contribution >= 0.6 is 0 Å². The molecule has 84 valence electrons. The molecule has 0 fully saturated rings. The molecule has 1 aromatic rings. The molecule has 0 radical (unpaired) electrons. The van der Waals surface area contributed by atoms with Crippen LogP contribution in [0.15, 0.2) is 12.1 Å². The van der Waals surface area contributed by atoms with Gasteiger partial charge in [-0.3, -0.25) is 0 Å². The molecule has 1 rings (SSSR count). The number of methoxy groups -OCH3 is 1. The lowest BCUT2D eigenvalue weighted by molar-refractivity contribution is 0.128. The molecule has 1 unspecified atom stereocenters. The van der Waals surface area contributed by atoms with Gasteiger partial charge in [0.15, 0.2) is 0 Å². The van der Waals surface area contributed by atoms with E-state index in [2.05, 4.69) is 20.8 Å². The fraction of sp³-hybridized carbons (Fsp3) is 0.600. The third-order valence-electron chi connectivity index (χ3n) is 2.05. The van der Waals surface area contributed by atoms with Crippen molar-refractivity contribution < 1.29 is 4.74 Å². The molecule has 2 N–H and O–H groups in total. The quantitative estimate of drug-likeness (QED) is 0.721. The second-order valence-corrected chi connectivity index (χ2v) is 3.37. The van der Waals surface area contributed by atoms with Crippen molar-refractivity contribution in [2.24, 2.45) is 0 Å². The zero-order chi connectivity index (χ0) is 11.1. The van der Waals surface area contributed by atoms with Crippen LogP contribution in [0.1, 0.15) is 12.6 Å². The van der Waals surface area contributed by atoms with Crippen LogP contribution in [0.25, 0.3) is 0 Å². The number of ether oxygens (including phenoxy) is 1. The summed E-state index contributed by atoms with van der Waals surface area (Å²) in [5.74, 6) is 0.777. The largest absolute Gasteiger partial charge is 0.380 e. The number of nitrogens with one attached hydrogen (secondary N) is 2. The van der Waals surface area contributed by atoms with E-state index < -0.39 is 0 Å². The number of hydrogen-bond acceptors (Lipinski definition) is 5. The van der Waals surface area contributed by atoms with Crippen LogP contribution in [0.3, 0.4) is 0 Å². The van der Waals surface area contributed by atoms with E-state index in [9.17, 15) is 0 Å². The summed E-state index contributed by atoms with van der Waals surface area (Å²) in [4.78, 5) is 0. The molecule has 0 spiro atoms. The van der Waals surface area contributed by atoms with Crippen molar-refractivity contribution in [1.82, 2.24) is 15.5 Å². The van der Waals surface area contributed by atoms with Gasteiger partial charge in [0.25, 0.3) is 0 Å². The summed E-state index contributed by atoms with van der Waals surface area (Å²) < 4.78 is 5.11. The normalized spacial score (nSPS) is 12.5. The lowest BCUT2D eigenvalue weighted by Crippen LogP contribution is -2.19. The highest BCUT2D eigenvalue weighted by Gasteiger charge is 2.00. The maximum absolute atomic E-state index is 5.11. The number of hydrogen-bond donors (Lipinski definition) is 2. The lowest BCUT2D eigenvalue weighted by atomic mass is 10.3. The summed E-state index contributed by atoms with van der Waals surface area (Å²) in [6.45, 7) is 3.47. The molecular formula is C10H18N4O. The number of anilines is 1. The van der Waals surface area contributed by atoms with Crippen molar-refractivity contribution in [1.29, 1.82) is 0 Å². The molecular weight excluding hydrogens is 192 g/mol. The van der Waals surface area contributed by atoms with Crippen molar-refractivity contribution in [3.63, 3.8) is 0 Å². The van der Waals surface area contributed by atoms with Gasteiger partial charge in [0.2, 0.25) is 0 Å². The summed E-state index contributed by atoms with van der Waals surface area (Å²) in [7, 11) is 3.57. The molecule has 0 aliphatic heterocycles. The minimum absolute atomic E-state index is 0.170. The zero-order valence-electron chi connectivity index (χ0n) is 9.45. The molecule has 5 heteroatoms. The van der Waals surface area contributed by atoms with Gasteiger partial charge in [-0.25, -0.2) is 0 Å². The first-order valence-electron chi connectivity index (χ1n) is 5.00. The van der Waals surface area contributed by atoms with Crippen LogP contribution in [-0.4, -0.2) is 37.0 Å². The van der Waals surface area contributed by atoms with Crippen LogP contribution in [0.5, 0.6) is 0 Å². The van der Waals surface area contributed by atoms with Crippen molar-refractivity contribution >= 4 is 5.82 Å². The van der Waals surface area contributed by atoms with Gasteiger partial charge in [0.05, 0.1) is 11.8 Å². The highest BCUT2D eigenvalue weighted by molar-refractivity contribution is 5.32. The molecule has 0 amide bonds. The highest BCUT2D eigenvalue weighted by Crippen LogP contribution is 2.02. The van der Waals surface area contributed by atoms with E-state index in [4.69, 9.17) is 4.74 Å². The van der Waals surface area contributed by atoms with E-state index in [1.807, 2.05) is 26.1 Å². The van der Waals surface area contributed by atoms with E-state index >= 15 is 0 Å². The van der Waals surface area contributed by atoms with Crippen molar-refractivity contribution in [2.75, 3.05) is 26.0 Å². The Balaban J connectivity index is 2.42. The summed E-state index contributed by atoms with van der Waals surface area (Å²) in [5, 5.41) is 14.3. The van der Waals surface area contributed by atoms with Gasteiger partial charge < -0.3 is 15.4 Å². The second kappa shape index (κ2) is 6.31. The van der Waals surface area contributed by atoms with Crippen LogP contribution in [0.4, 0.5) is 5.82 Å². The van der Waals surface area contributed by atoms with Gasteiger partial charge in [-0.1, -0.05) is 0 Å². The van der Waals surface area contributed by atoms with Crippen molar-refractivity contribution in [3.8, 4) is 0 Å². The predicted octanol–water partition coefficient (Wildman–Crippen LogP) is 0.643. The Bertz CT molecular complexity index is 275. The number of aromatic nitrogens is 2. The van der Waals surface area contributed by atoms with Crippen molar-refractivity contribution in [3.05, 3.63) is 17.8 Å². The summed E-state index contributed by atoms with van der Waals surface area (Å²) in [6.07, 6.45) is 0.170. The molecule has 0 aromatic carbocycles. The van der Waals surface area contributed by atoms with Gasteiger partial charge in [0, 0.05) is 20.2 Å². The lowest BCUT2D eigenvalue weighted by Gasteiger charge is -2.10. The highest BCUT2D eigenvalue weighted by atomic mass is 16.5. The Morgan fingerprint density at radius 2 is 2.20 bits per heavy atom. The zero-order valence-corrected chi connectivity index (χ0v) is 9.45. The summed E-state index contributed by atoms with van der Waals surface area (Å²) in [6, 6.07) is 3.87. The minimum Gasteiger partial charge on any atom is -0.380 e. The van der Waals surface area contributed by atoms with E-state index in [-0.39, 0.29) is 6.10 Å². The third-order valence-corrected chi connectivity index (χ3v) is 2.05. The maximum Gasteiger partial charge on any atom is 0.148 e. The fourth-order valence-electron chi connectivity index (χ4n) is 1.06. The first kappa shape index (κ1) is 11.9. The summed E-state index contributed by atoms with van der Waals surface area (Å²) in [5.41, 5.74) is 0.933. The van der Waals surface area contributed by atoms with Crippen LogP contribution in [0, 0.1) is 0 Å². The van der Waals surface area contributed by atoms with E-state index in [0.717, 1.165) is 24.6 Å². The molecule has 15 heavy (non-hydrogen) atoms. The number of nitrogens with zero attached hydrogens (tertiary/aromatic N) is 2. The first-order valence-corrected chi connectivity index (χ1v) is 5.00. The van der Waals surface area contributed by atoms with Gasteiger partial charge in [-0.05, 0) is 26.1 Å². The van der Waals surface area contributed by atoms with Crippen molar-refractivity contribution in [2.45, 2.75) is 19.6 Å². The number of rotatable bonds is 6. The fourth-order valence-corrected chi connectivity index (χ4v) is 1.06. The molecule has 1 atom stereocenters. The van der Waals surface area contributed by atoms with E-state index in [1.165, 1.54) is 0 Å². The standard InChI is InChI=1S/C10H18N4O/c1-8(15-3)6-12-10-5-4-9(7-11-2)13-14-10/h4-5,8,11H,6-7H2,1-3H3,(H,12,14). The van der Waals surface area contributed by atoms with Crippen LogP contribution < -0.4 is 10.6 Å². The monoisotopic (exact) mass is 210 g/mol. The van der Waals surface area contributed by atoms with Crippen LogP contribution in [0.2, 0.25) is 0 Å². The smallest absolute Gasteiger partial charge is 0.148 e. The molecule has 0 aliphatic rings. The molecule has 0 saturated carbocycles. The van der Waals surface area contributed by atoms with E-state index in [0.29, 0.717) is 0 Å². The van der Waals surface area contributed by atoms with Gasteiger partial charge in [-0.15, -0.1) is 5.10 Å². The Morgan fingerprint density at radius 3 is 2.73 bits per heavy atom. The average molecular weight is 210 g/mol. The SMILES string of the molecule is CNCc1ccc(NCC(C)OC)nn1. The molecule has 1 heterocycles. The van der Waals surface area contributed by atoms with Gasteiger partial charge in [-0.2, -0.15) is 5.10 Å². The Labute approximate surface area is 90.2 Å². The topological polar surface area (TPSA) is 59.1 Å². The predicted molar refractivity (Wildman–Crippen MR) is 59.8 cm³/mol. The Hall–Kier alpha value is -1.20.